The zero-order valence-corrected chi connectivity index (χ0v) is 9.83. The van der Waals surface area contributed by atoms with Gasteiger partial charge in [0.2, 0.25) is 0 Å². The lowest BCUT2D eigenvalue weighted by Gasteiger charge is -2.12. The summed E-state index contributed by atoms with van der Waals surface area (Å²) in [6, 6.07) is 0. The second kappa shape index (κ2) is 4.50. The van der Waals surface area contributed by atoms with E-state index in [1.807, 2.05) is 0 Å². The minimum absolute atomic E-state index is 0.319. The number of aromatic nitrogens is 2. The Morgan fingerprint density at radius 3 is 2.88 bits per heavy atom. The van der Waals surface area contributed by atoms with Crippen molar-refractivity contribution in [3.8, 4) is 0 Å². The van der Waals surface area contributed by atoms with Crippen LogP contribution in [0.15, 0.2) is 27.7 Å². The molecule has 2 heterocycles. The maximum Gasteiger partial charge on any atom is 0.329 e. The molecule has 0 fully saturated rings. The summed E-state index contributed by atoms with van der Waals surface area (Å²) in [5, 5.41) is 7.75. The zero-order chi connectivity index (χ0) is 12.6. The lowest BCUT2D eigenvalue weighted by molar-refractivity contribution is 0.295. The van der Waals surface area contributed by atoms with Crippen molar-refractivity contribution in [2.75, 3.05) is 6.61 Å². The van der Waals surface area contributed by atoms with Gasteiger partial charge >= 0.3 is 5.69 Å². The van der Waals surface area contributed by atoms with Crippen molar-refractivity contribution in [1.82, 2.24) is 9.55 Å². The van der Waals surface area contributed by atoms with Gasteiger partial charge in [-0.15, -0.1) is 11.8 Å². The number of aryl methyl sites for hydroxylation is 1. The molecule has 0 aliphatic carbocycles. The van der Waals surface area contributed by atoms with E-state index in [0.29, 0.717) is 5.56 Å². The molecule has 5 nitrogen and oxygen atoms in total. The van der Waals surface area contributed by atoms with Gasteiger partial charge in [0.25, 0.3) is 5.56 Å². The van der Waals surface area contributed by atoms with Crippen LogP contribution in [0.4, 0.5) is 4.39 Å². The van der Waals surface area contributed by atoms with Gasteiger partial charge in [0.15, 0.2) is 0 Å². The van der Waals surface area contributed by atoms with E-state index in [0.717, 1.165) is 11.8 Å². The van der Waals surface area contributed by atoms with Crippen LogP contribution in [0.5, 0.6) is 0 Å². The minimum atomic E-state index is -0.640. The highest BCUT2D eigenvalue weighted by molar-refractivity contribution is 8.00. The SMILES string of the molecule is Cc1cn([C@@H]2C=C(F)[C@H](CO)S2)c(=O)[nH]c1=O. The Hall–Kier alpha value is -1.34. The zero-order valence-electron chi connectivity index (χ0n) is 9.01. The molecule has 2 atom stereocenters. The Morgan fingerprint density at radius 1 is 1.59 bits per heavy atom. The maximum absolute atomic E-state index is 13.3. The lowest BCUT2D eigenvalue weighted by Crippen LogP contribution is -2.31. The molecule has 17 heavy (non-hydrogen) atoms. The predicted molar refractivity (Wildman–Crippen MR) is 62.8 cm³/mol. The summed E-state index contributed by atoms with van der Waals surface area (Å²) in [6.07, 6.45) is 2.66. The first-order valence-electron chi connectivity index (χ1n) is 4.98. The quantitative estimate of drug-likeness (QED) is 0.800. The van der Waals surface area contributed by atoms with Crippen LogP contribution in [0.2, 0.25) is 0 Å². The Morgan fingerprint density at radius 2 is 2.29 bits per heavy atom. The summed E-state index contributed by atoms with van der Waals surface area (Å²) >= 11 is 1.12. The van der Waals surface area contributed by atoms with Gasteiger partial charge in [-0.1, -0.05) is 0 Å². The predicted octanol–water partition coefficient (Wildman–Crippen LogP) is 0.305. The normalized spacial score (nSPS) is 23.8. The number of hydrogen-bond donors (Lipinski definition) is 2. The van der Waals surface area contributed by atoms with Gasteiger partial charge < -0.3 is 5.11 Å². The van der Waals surface area contributed by atoms with Crippen LogP contribution in [0.1, 0.15) is 10.9 Å². The molecule has 0 radical (unpaired) electrons. The fourth-order valence-corrected chi connectivity index (χ4v) is 2.69. The van der Waals surface area contributed by atoms with Gasteiger partial charge in [-0.2, -0.15) is 0 Å². The van der Waals surface area contributed by atoms with Crippen LogP contribution in [0.3, 0.4) is 0 Å². The van der Waals surface area contributed by atoms with Crippen LogP contribution in [0.25, 0.3) is 0 Å². The molecular weight excluding hydrogens is 247 g/mol. The van der Waals surface area contributed by atoms with Crippen molar-refractivity contribution in [2.45, 2.75) is 17.5 Å². The number of aromatic amines is 1. The molecule has 0 unspecified atom stereocenters. The second-order valence-corrected chi connectivity index (χ2v) is 5.05. The molecule has 2 rings (SSSR count). The van der Waals surface area contributed by atoms with E-state index >= 15 is 0 Å². The van der Waals surface area contributed by atoms with E-state index in [2.05, 4.69) is 4.98 Å². The number of nitrogens with one attached hydrogen (secondary N) is 1. The van der Waals surface area contributed by atoms with Crippen LogP contribution in [0, 0.1) is 6.92 Å². The average molecular weight is 258 g/mol. The van der Waals surface area contributed by atoms with E-state index < -0.39 is 27.7 Å². The molecule has 1 aliphatic heterocycles. The van der Waals surface area contributed by atoms with Crippen molar-refractivity contribution in [1.29, 1.82) is 0 Å². The first-order valence-corrected chi connectivity index (χ1v) is 5.93. The Labute approximate surface area is 100.0 Å². The van der Waals surface area contributed by atoms with E-state index in [1.165, 1.54) is 16.8 Å². The minimum Gasteiger partial charge on any atom is -0.395 e. The summed E-state index contributed by atoms with van der Waals surface area (Å²) in [7, 11) is 0. The van der Waals surface area contributed by atoms with Crippen molar-refractivity contribution in [3.63, 3.8) is 0 Å². The third-order valence-electron chi connectivity index (χ3n) is 2.50. The van der Waals surface area contributed by atoms with E-state index in [1.54, 1.807) is 6.92 Å². The molecule has 92 valence electrons. The van der Waals surface area contributed by atoms with Crippen molar-refractivity contribution in [2.24, 2.45) is 0 Å². The Bertz CT molecular complexity index is 578. The Balaban J connectivity index is 2.41. The van der Waals surface area contributed by atoms with Crippen molar-refractivity contribution < 1.29 is 9.50 Å². The molecule has 0 bridgehead atoms. The molecule has 0 saturated heterocycles. The first-order chi connectivity index (χ1) is 8.02. The highest BCUT2D eigenvalue weighted by Crippen LogP contribution is 2.39. The van der Waals surface area contributed by atoms with Crippen LogP contribution in [-0.2, 0) is 0 Å². The summed E-state index contributed by atoms with van der Waals surface area (Å²) in [5.74, 6) is -0.446. The number of aliphatic hydroxyl groups is 1. The maximum atomic E-state index is 13.3. The molecule has 1 aromatic rings. The monoisotopic (exact) mass is 258 g/mol. The summed E-state index contributed by atoms with van der Waals surface area (Å²) in [4.78, 5) is 24.9. The summed E-state index contributed by atoms with van der Waals surface area (Å²) < 4.78 is 14.6. The standard InChI is InChI=1S/C10H11FN2O3S/c1-5-3-13(10(16)12-9(5)15)8-2-6(11)7(4-14)17-8/h2-3,7-8,14H,4H2,1H3,(H,12,15,16)/t7-,8-/m0/s1. The molecule has 0 spiro atoms. The van der Waals surface area contributed by atoms with Gasteiger partial charge in [0.1, 0.15) is 11.2 Å². The van der Waals surface area contributed by atoms with E-state index in [9.17, 15) is 14.0 Å². The molecule has 0 saturated carbocycles. The number of hydrogen-bond acceptors (Lipinski definition) is 4. The lowest BCUT2D eigenvalue weighted by atomic mass is 10.3. The van der Waals surface area contributed by atoms with Gasteiger partial charge in [-0.05, 0) is 13.0 Å². The van der Waals surface area contributed by atoms with Crippen LogP contribution in [-0.4, -0.2) is 26.5 Å². The van der Waals surface area contributed by atoms with Gasteiger partial charge in [0.05, 0.1) is 11.9 Å². The number of halogens is 1. The molecule has 7 heteroatoms. The van der Waals surface area contributed by atoms with Gasteiger partial charge in [-0.3, -0.25) is 14.3 Å². The highest BCUT2D eigenvalue weighted by atomic mass is 32.2. The Kier molecular flexibility index (Phi) is 3.21. The molecule has 2 N–H and O–H groups in total. The molecule has 1 aliphatic rings. The van der Waals surface area contributed by atoms with Crippen LogP contribution < -0.4 is 11.2 Å². The largest absolute Gasteiger partial charge is 0.395 e. The number of thioether (sulfide) groups is 1. The topological polar surface area (TPSA) is 75.1 Å². The van der Waals surface area contributed by atoms with Gasteiger partial charge in [-0.25, -0.2) is 9.18 Å². The second-order valence-electron chi connectivity index (χ2n) is 3.73. The highest BCUT2D eigenvalue weighted by Gasteiger charge is 2.28. The number of aliphatic hydroxyl groups excluding tert-OH is 1. The molecular formula is C10H11FN2O3S. The molecule has 0 aromatic carbocycles. The number of H-pyrrole nitrogens is 1. The van der Waals surface area contributed by atoms with Crippen molar-refractivity contribution in [3.05, 3.63) is 44.5 Å². The van der Waals surface area contributed by atoms with Gasteiger partial charge in [0, 0.05) is 11.8 Å². The smallest absolute Gasteiger partial charge is 0.329 e. The number of nitrogens with zero attached hydrogens (tertiary/aromatic N) is 1. The fraction of sp³-hybridized carbons (Fsp3) is 0.400. The molecule has 1 aromatic heterocycles. The average Bonchev–Trinajstić information content (AvgIpc) is 2.65. The third-order valence-corrected chi connectivity index (χ3v) is 3.84. The number of rotatable bonds is 2. The van der Waals surface area contributed by atoms with E-state index in [-0.39, 0.29) is 6.61 Å². The van der Waals surface area contributed by atoms with E-state index in [4.69, 9.17) is 5.11 Å². The van der Waals surface area contributed by atoms with Crippen LogP contribution >= 0.6 is 11.8 Å². The summed E-state index contributed by atoms with van der Waals surface area (Å²) in [5.41, 5.74) is -0.649. The fourth-order valence-electron chi connectivity index (χ4n) is 1.57. The first kappa shape index (κ1) is 12.1. The van der Waals surface area contributed by atoms with Crippen molar-refractivity contribution >= 4 is 11.8 Å². The molecule has 0 amide bonds. The third kappa shape index (κ3) is 2.20. The summed E-state index contributed by atoms with van der Waals surface area (Å²) in [6.45, 7) is 1.25.